The van der Waals surface area contributed by atoms with E-state index in [0.717, 1.165) is 11.1 Å². The molecule has 2 aromatic rings. The minimum absolute atomic E-state index is 0.348. The van der Waals surface area contributed by atoms with Crippen molar-refractivity contribution in [1.29, 1.82) is 0 Å². The van der Waals surface area contributed by atoms with Crippen molar-refractivity contribution in [2.45, 2.75) is 31.9 Å². The Balaban J connectivity index is 2.36. The summed E-state index contributed by atoms with van der Waals surface area (Å²) in [5.74, 6) is -1.58. The van der Waals surface area contributed by atoms with Gasteiger partial charge in [0.25, 0.3) is 0 Å². The topological polar surface area (TPSA) is 52.3 Å². The van der Waals surface area contributed by atoms with Crippen LogP contribution in [0.3, 0.4) is 0 Å². The molecule has 0 aromatic heterocycles. The molecule has 0 bridgehead atoms. The number of nitrogens with two attached hydrogens (primary N) is 1. The molecule has 0 saturated carbocycles. The Hall–Kier alpha value is -2.27. The standard InChI is InChI=1S/C18H19F2NO2/c1-11(21)18(22)23-12(2)17(13-3-7-15(19)8-4-13)14-5-9-16(20)10-6-14/h3-12,17H,21H2,1-2H3/t11-,12-/m0/s1. The predicted molar refractivity (Wildman–Crippen MR) is 83.8 cm³/mol. The lowest BCUT2D eigenvalue weighted by atomic mass is 9.87. The number of hydrogen-bond donors (Lipinski definition) is 1. The van der Waals surface area contributed by atoms with E-state index in [4.69, 9.17) is 10.5 Å². The van der Waals surface area contributed by atoms with Gasteiger partial charge in [0, 0.05) is 5.92 Å². The van der Waals surface area contributed by atoms with Crippen LogP contribution in [0, 0.1) is 11.6 Å². The van der Waals surface area contributed by atoms with Crippen molar-refractivity contribution in [3.63, 3.8) is 0 Å². The summed E-state index contributed by atoms with van der Waals surface area (Å²) in [6.07, 6.45) is -0.538. The summed E-state index contributed by atoms with van der Waals surface area (Å²) in [4.78, 5) is 11.8. The minimum atomic E-state index is -0.737. The van der Waals surface area contributed by atoms with Crippen molar-refractivity contribution >= 4 is 5.97 Å². The van der Waals surface area contributed by atoms with Gasteiger partial charge in [-0.05, 0) is 49.2 Å². The lowest BCUT2D eigenvalue weighted by molar-refractivity contribution is -0.149. The van der Waals surface area contributed by atoms with Crippen LogP contribution in [0.5, 0.6) is 0 Å². The molecule has 0 aliphatic heterocycles. The molecule has 0 heterocycles. The van der Waals surface area contributed by atoms with Gasteiger partial charge >= 0.3 is 5.97 Å². The van der Waals surface area contributed by atoms with Crippen molar-refractivity contribution in [3.05, 3.63) is 71.3 Å². The normalized spacial score (nSPS) is 13.7. The fourth-order valence-corrected chi connectivity index (χ4v) is 2.43. The lowest BCUT2D eigenvalue weighted by Gasteiger charge is -2.26. The predicted octanol–water partition coefficient (Wildman–Crippen LogP) is 3.38. The third-order valence-electron chi connectivity index (χ3n) is 3.60. The molecule has 0 spiro atoms. The highest BCUT2D eigenvalue weighted by atomic mass is 19.1. The van der Waals surface area contributed by atoms with E-state index in [9.17, 15) is 13.6 Å². The summed E-state index contributed by atoms with van der Waals surface area (Å²) in [5, 5.41) is 0. The second-order valence-corrected chi connectivity index (χ2v) is 5.51. The van der Waals surface area contributed by atoms with E-state index < -0.39 is 18.1 Å². The summed E-state index contributed by atoms with van der Waals surface area (Å²) >= 11 is 0. The van der Waals surface area contributed by atoms with Crippen molar-refractivity contribution in [1.82, 2.24) is 0 Å². The number of rotatable bonds is 5. The van der Waals surface area contributed by atoms with Crippen molar-refractivity contribution < 1.29 is 18.3 Å². The van der Waals surface area contributed by atoms with Gasteiger partial charge in [-0.1, -0.05) is 24.3 Å². The first-order valence-electron chi connectivity index (χ1n) is 7.35. The largest absolute Gasteiger partial charge is 0.461 e. The van der Waals surface area contributed by atoms with E-state index in [1.165, 1.54) is 24.3 Å². The van der Waals surface area contributed by atoms with Gasteiger partial charge in [-0.2, -0.15) is 0 Å². The van der Waals surface area contributed by atoms with Crippen LogP contribution in [-0.2, 0) is 9.53 Å². The molecule has 2 aromatic carbocycles. The quantitative estimate of drug-likeness (QED) is 0.860. The number of ether oxygens (including phenoxy) is 1. The summed E-state index contributed by atoms with van der Waals surface area (Å²) in [7, 11) is 0. The highest BCUT2D eigenvalue weighted by molar-refractivity contribution is 5.75. The van der Waals surface area contributed by atoms with Gasteiger partial charge < -0.3 is 10.5 Å². The molecular formula is C18H19F2NO2. The fraction of sp³-hybridized carbons (Fsp3) is 0.278. The highest BCUT2D eigenvalue weighted by Gasteiger charge is 2.26. The van der Waals surface area contributed by atoms with Crippen LogP contribution in [0.4, 0.5) is 8.78 Å². The van der Waals surface area contributed by atoms with Crippen molar-refractivity contribution in [2.75, 3.05) is 0 Å². The summed E-state index contributed by atoms with van der Waals surface area (Å²) in [5.41, 5.74) is 7.06. The van der Waals surface area contributed by atoms with Crippen LogP contribution >= 0.6 is 0 Å². The first-order chi connectivity index (χ1) is 10.9. The van der Waals surface area contributed by atoms with Crippen molar-refractivity contribution in [3.8, 4) is 0 Å². The maximum absolute atomic E-state index is 13.2. The zero-order valence-corrected chi connectivity index (χ0v) is 13.0. The van der Waals surface area contributed by atoms with E-state index in [1.807, 2.05) is 0 Å². The Bertz CT molecular complexity index is 608. The van der Waals surface area contributed by atoms with E-state index in [0.29, 0.717) is 0 Å². The maximum Gasteiger partial charge on any atom is 0.322 e. The van der Waals surface area contributed by atoms with Gasteiger partial charge in [0.05, 0.1) is 0 Å². The molecule has 0 saturated heterocycles. The van der Waals surface area contributed by atoms with Gasteiger partial charge in [0.2, 0.25) is 0 Å². The average Bonchev–Trinajstić information content (AvgIpc) is 2.51. The Morgan fingerprint density at radius 1 is 0.913 bits per heavy atom. The molecule has 0 radical (unpaired) electrons. The highest BCUT2D eigenvalue weighted by Crippen LogP contribution is 2.30. The van der Waals surface area contributed by atoms with Crippen LogP contribution in [0.25, 0.3) is 0 Å². The number of carbonyl (C=O) groups excluding carboxylic acids is 1. The fourth-order valence-electron chi connectivity index (χ4n) is 2.43. The van der Waals surface area contributed by atoms with Crippen LogP contribution in [0.1, 0.15) is 30.9 Å². The Kier molecular flexibility index (Phi) is 5.45. The third-order valence-corrected chi connectivity index (χ3v) is 3.60. The van der Waals surface area contributed by atoms with E-state index >= 15 is 0 Å². The Labute approximate surface area is 134 Å². The zero-order chi connectivity index (χ0) is 17.0. The zero-order valence-electron chi connectivity index (χ0n) is 13.0. The number of halogens is 2. The molecule has 5 heteroatoms. The third kappa shape index (κ3) is 4.36. The Morgan fingerprint density at radius 3 is 1.65 bits per heavy atom. The van der Waals surface area contributed by atoms with Gasteiger partial charge in [-0.15, -0.1) is 0 Å². The molecule has 0 unspecified atom stereocenters. The van der Waals surface area contributed by atoms with Gasteiger partial charge in [0.1, 0.15) is 23.8 Å². The van der Waals surface area contributed by atoms with Gasteiger partial charge in [-0.3, -0.25) is 4.79 Å². The molecule has 0 aliphatic carbocycles. The molecule has 0 fully saturated rings. The summed E-state index contributed by atoms with van der Waals surface area (Å²) in [6, 6.07) is 11.1. The second kappa shape index (κ2) is 7.33. The first kappa shape index (κ1) is 17.1. The van der Waals surface area contributed by atoms with Crippen LogP contribution in [0.2, 0.25) is 0 Å². The molecule has 0 aliphatic rings. The number of esters is 1. The molecule has 0 amide bonds. The SMILES string of the molecule is C[C@H](N)C(=O)O[C@@H](C)C(c1ccc(F)cc1)c1ccc(F)cc1. The van der Waals surface area contributed by atoms with Crippen LogP contribution in [0.15, 0.2) is 48.5 Å². The van der Waals surface area contributed by atoms with E-state index in [1.54, 1.807) is 38.1 Å². The molecule has 23 heavy (non-hydrogen) atoms. The van der Waals surface area contributed by atoms with Crippen molar-refractivity contribution in [2.24, 2.45) is 5.73 Å². The number of hydrogen-bond acceptors (Lipinski definition) is 3. The Morgan fingerprint density at radius 2 is 1.30 bits per heavy atom. The molecular weight excluding hydrogens is 300 g/mol. The molecule has 2 atom stereocenters. The average molecular weight is 319 g/mol. The van der Waals surface area contributed by atoms with E-state index in [-0.39, 0.29) is 17.6 Å². The monoisotopic (exact) mass is 319 g/mol. The van der Waals surface area contributed by atoms with Crippen LogP contribution in [-0.4, -0.2) is 18.1 Å². The smallest absolute Gasteiger partial charge is 0.322 e. The van der Waals surface area contributed by atoms with Crippen LogP contribution < -0.4 is 5.73 Å². The van der Waals surface area contributed by atoms with Gasteiger partial charge in [-0.25, -0.2) is 8.78 Å². The molecule has 3 nitrogen and oxygen atoms in total. The molecule has 122 valence electrons. The first-order valence-corrected chi connectivity index (χ1v) is 7.35. The molecule has 2 N–H and O–H groups in total. The number of carbonyl (C=O) groups is 1. The summed E-state index contributed by atoms with van der Waals surface area (Å²) in [6.45, 7) is 3.28. The minimum Gasteiger partial charge on any atom is -0.461 e. The number of benzene rings is 2. The molecule has 2 rings (SSSR count). The van der Waals surface area contributed by atoms with E-state index in [2.05, 4.69) is 0 Å². The summed E-state index contributed by atoms with van der Waals surface area (Å²) < 4.78 is 31.7. The lowest BCUT2D eigenvalue weighted by Crippen LogP contribution is -2.33. The maximum atomic E-state index is 13.2. The second-order valence-electron chi connectivity index (χ2n) is 5.51. The van der Waals surface area contributed by atoms with Gasteiger partial charge in [0.15, 0.2) is 0 Å².